The molecule has 1 N–H and O–H groups in total. The summed E-state index contributed by atoms with van der Waals surface area (Å²) >= 11 is 0. The van der Waals surface area contributed by atoms with E-state index in [4.69, 9.17) is 4.74 Å². The van der Waals surface area contributed by atoms with E-state index in [9.17, 15) is 14.4 Å². The lowest BCUT2D eigenvalue weighted by molar-refractivity contribution is -0.139. The molecule has 2 fully saturated rings. The SMILES string of the molecule is CC1(C)CC(=O)C=C(C(=O)N2CCC3(CC2)CC3C(=O)NCCc2ccccc2)O1. The molecule has 1 spiro atoms. The molecule has 2 amide bonds. The van der Waals surface area contributed by atoms with E-state index < -0.39 is 5.60 Å². The van der Waals surface area contributed by atoms with Crippen molar-refractivity contribution in [3.63, 3.8) is 0 Å². The van der Waals surface area contributed by atoms with E-state index >= 15 is 0 Å². The van der Waals surface area contributed by atoms with Gasteiger partial charge in [0.15, 0.2) is 11.5 Å². The quantitative estimate of drug-likeness (QED) is 0.810. The molecule has 4 rings (SSSR count). The van der Waals surface area contributed by atoms with E-state index in [0.717, 1.165) is 25.7 Å². The molecule has 0 bridgehead atoms. The van der Waals surface area contributed by atoms with E-state index in [2.05, 4.69) is 17.4 Å². The van der Waals surface area contributed by atoms with Gasteiger partial charge in [-0.25, -0.2) is 0 Å². The number of nitrogens with one attached hydrogen (secondary N) is 1. The van der Waals surface area contributed by atoms with Crippen LogP contribution in [0.2, 0.25) is 0 Å². The molecule has 30 heavy (non-hydrogen) atoms. The molecule has 2 heterocycles. The highest BCUT2D eigenvalue weighted by Gasteiger charge is 2.58. The van der Waals surface area contributed by atoms with Gasteiger partial charge in [-0.3, -0.25) is 14.4 Å². The number of hydrogen-bond acceptors (Lipinski definition) is 4. The van der Waals surface area contributed by atoms with Gasteiger partial charge in [-0.2, -0.15) is 0 Å². The maximum absolute atomic E-state index is 12.8. The van der Waals surface area contributed by atoms with E-state index in [0.29, 0.717) is 19.6 Å². The van der Waals surface area contributed by atoms with Gasteiger partial charge in [0.05, 0.1) is 0 Å². The molecule has 1 aliphatic carbocycles. The van der Waals surface area contributed by atoms with Crippen LogP contribution >= 0.6 is 0 Å². The molecular formula is C24H30N2O4. The number of ether oxygens (including phenoxy) is 1. The second-order valence-corrected chi connectivity index (χ2v) is 9.45. The Kier molecular flexibility index (Phi) is 5.43. The summed E-state index contributed by atoms with van der Waals surface area (Å²) in [4.78, 5) is 39.1. The van der Waals surface area contributed by atoms with Crippen LogP contribution in [-0.4, -0.2) is 47.7 Å². The number of rotatable bonds is 5. The van der Waals surface area contributed by atoms with Crippen LogP contribution in [0.3, 0.4) is 0 Å². The van der Waals surface area contributed by atoms with Crippen molar-refractivity contribution in [2.45, 2.75) is 51.6 Å². The van der Waals surface area contributed by atoms with Crippen molar-refractivity contribution in [2.24, 2.45) is 11.3 Å². The second-order valence-electron chi connectivity index (χ2n) is 9.45. The van der Waals surface area contributed by atoms with Crippen molar-refractivity contribution >= 4 is 17.6 Å². The Morgan fingerprint density at radius 2 is 1.87 bits per heavy atom. The average Bonchev–Trinajstić information content (AvgIpc) is 3.40. The van der Waals surface area contributed by atoms with Crippen LogP contribution in [-0.2, 0) is 25.5 Å². The van der Waals surface area contributed by atoms with Crippen molar-refractivity contribution in [3.8, 4) is 0 Å². The summed E-state index contributed by atoms with van der Waals surface area (Å²) in [5, 5.41) is 3.08. The van der Waals surface area contributed by atoms with Gasteiger partial charge in [0.2, 0.25) is 5.91 Å². The summed E-state index contributed by atoms with van der Waals surface area (Å²) in [7, 11) is 0. The van der Waals surface area contributed by atoms with Crippen LogP contribution < -0.4 is 5.32 Å². The highest BCUT2D eigenvalue weighted by atomic mass is 16.5. The predicted molar refractivity (Wildman–Crippen MR) is 112 cm³/mol. The molecule has 0 radical (unpaired) electrons. The first-order valence-corrected chi connectivity index (χ1v) is 10.8. The third kappa shape index (κ3) is 4.42. The van der Waals surface area contributed by atoms with Gasteiger partial charge < -0.3 is 15.0 Å². The third-order valence-electron chi connectivity index (χ3n) is 6.60. The van der Waals surface area contributed by atoms with Crippen molar-refractivity contribution in [1.29, 1.82) is 0 Å². The van der Waals surface area contributed by atoms with Gasteiger partial charge in [-0.15, -0.1) is 0 Å². The minimum Gasteiger partial charge on any atom is -0.481 e. The Morgan fingerprint density at radius 1 is 1.17 bits per heavy atom. The number of allylic oxidation sites excluding steroid dienone is 1. The molecule has 1 saturated heterocycles. The molecule has 0 aromatic heterocycles. The molecule has 6 nitrogen and oxygen atoms in total. The van der Waals surface area contributed by atoms with Crippen LogP contribution in [0.15, 0.2) is 42.2 Å². The van der Waals surface area contributed by atoms with Crippen molar-refractivity contribution in [2.75, 3.05) is 19.6 Å². The van der Waals surface area contributed by atoms with Gasteiger partial charge in [-0.1, -0.05) is 30.3 Å². The number of likely N-dealkylation sites (tertiary alicyclic amines) is 1. The van der Waals surface area contributed by atoms with Crippen LogP contribution in [0.25, 0.3) is 0 Å². The van der Waals surface area contributed by atoms with Gasteiger partial charge in [0, 0.05) is 38.0 Å². The predicted octanol–water partition coefficient (Wildman–Crippen LogP) is 2.63. The summed E-state index contributed by atoms with van der Waals surface area (Å²) in [5.74, 6) is 0.0544. The molecule has 1 unspecified atom stereocenters. The number of carbonyl (C=O) groups is 3. The molecule has 160 valence electrons. The summed E-state index contributed by atoms with van der Waals surface area (Å²) < 4.78 is 5.75. The fraction of sp³-hybridized carbons (Fsp3) is 0.542. The number of piperidine rings is 1. The minimum atomic E-state index is -0.646. The van der Waals surface area contributed by atoms with Gasteiger partial charge >= 0.3 is 0 Å². The molecule has 1 aromatic carbocycles. The summed E-state index contributed by atoms with van der Waals surface area (Å²) in [5.41, 5.74) is 0.605. The van der Waals surface area contributed by atoms with Crippen LogP contribution in [0.1, 0.15) is 45.1 Å². The van der Waals surface area contributed by atoms with Gasteiger partial charge in [0.25, 0.3) is 5.91 Å². The van der Waals surface area contributed by atoms with Crippen LogP contribution in [0, 0.1) is 11.3 Å². The first kappa shape index (κ1) is 20.6. The van der Waals surface area contributed by atoms with Gasteiger partial charge in [0.1, 0.15) is 5.60 Å². The Balaban J connectivity index is 1.25. The summed E-state index contributed by atoms with van der Waals surface area (Å²) in [6, 6.07) is 10.1. The Hall–Kier alpha value is -2.63. The molecule has 3 aliphatic rings. The number of carbonyl (C=O) groups excluding carboxylic acids is 3. The van der Waals surface area contributed by atoms with Crippen molar-refractivity contribution in [3.05, 3.63) is 47.7 Å². The molecular weight excluding hydrogens is 380 g/mol. The number of nitrogens with zero attached hydrogens (tertiary/aromatic N) is 1. The van der Waals surface area contributed by atoms with E-state index in [1.165, 1.54) is 11.6 Å². The Labute approximate surface area is 177 Å². The highest BCUT2D eigenvalue weighted by Crippen LogP contribution is 2.59. The summed E-state index contributed by atoms with van der Waals surface area (Å²) in [6.45, 7) is 5.49. The Bertz CT molecular complexity index is 866. The van der Waals surface area contributed by atoms with E-state index in [1.54, 1.807) is 4.90 Å². The zero-order valence-electron chi connectivity index (χ0n) is 17.8. The monoisotopic (exact) mass is 410 g/mol. The number of amides is 2. The largest absolute Gasteiger partial charge is 0.481 e. The number of benzene rings is 1. The van der Waals surface area contributed by atoms with Gasteiger partial charge in [-0.05, 0) is 50.5 Å². The fourth-order valence-electron chi connectivity index (χ4n) is 4.77. The van der Waals surface area contributed by atoms with Crippen LogP contribution in [0.5, 0.6) is 0 Å². The molecule has 1 saturated carbocycles. The first-order chi connectivity index (χ1) is 14.3. The molecule has 1 aromatic rings. The maximum atomic E-state index is 12.8. The van der Waals surface area contributed by atoms with Crippen LogP contribution in [0.4, 0.5) is 0 Å². The smallest absolute Gasteiger partial charge is 0.289 e. The number of hydrogen-bond donors (Lipinski definition) is 1. The lowest BCUT2D eigenvalue weighted by Gasteiger charge is -2.36. The lowest BCUT2D eigenvalue weighted by Crippen LogP contribution is -2.44. The van der Waals surface area contributed by atoms with E-state index in [-0.39, 0.29) is 41.1 Å². The first-order valence-electron chi connectivity index (χ1n) is 10.8. The topological polar surface area (TPSA) is 75.7 Å². The molecule has 2 aliphatic heterocycles. The minimum absolute atomic E-state index is 0.0322. The highest BCUT2D eigenvalue weighted by molar-refractivity contribution is 6.01. The van der Waals surface area contributed by atoms with Crippen molar-refractivity contribution < 1.29 is 19.1 Å². The number of ketones is 1. The lowest BCUT2D eigenvalue weighted by atomic mass is 9.90. The molecule has 6 heteroatoms. The average molecular weight is 411 g/mol. The zero-order valence-corrected chi connectivity index (χ0v) is 17.8. The fourth-order valence-corrected chi connectivity index (χ4v) is 4.77. The maximum Gasteiger partial charge on any atom is 0.289 e. The molecule has 1 atom stereocenters. The van der Waals surface area contributed by atoms with E-state index in [1.807, 2.05) is 32.0 Å². The normalized spacial score (nSPS) is 24.1. The van der Waals surface area contributed by atoms with Crippen molar-refractivity contribution in [1.82, 2.24) is 10.2 Å². The second kappa shape index (κ2) is 7.89. The standard InChI is InChI=1S/C24H30N2O4/c1-23(2)15-18(27)14-20(30-23)22(29)26-12-9-24(10-13-26)16-19(24)21(28)25-11-8-17-6-4-3-5-7-17/h3-7,14,19H,8-13,15-16H2,1-2H3,(H,25,28). The third-order valence-corrected chi connectivity index (χ3v) is 6.60. The zero-order chi connectivity index (χ0) is 21.4. The summed E-state index contributed by atoms with van der Waals surface area (Å²) in [6.07, 6.45) is 4.99. The Morgan fingerprint density at radius 3 is 2.53 bits per heavy atom.